The van der Waals surface area contributed by atoms with Crippen molar-refractivity contribution in [3.05, 3.63) is 0 Å². The lowest BCUT2D eigenvalue weighted by molar-refractivity contribution is 0.179. The molecule has 0 radical (unpaired) electrons. The maximum Gasteiger partial charge on any atom is 0.0500 e. The van der Waals surface area contributed by atoms with E-state index >= 15 is 0 Å². The minimum absolute atomic E-state index is 1.11. The number of hydrogen-bond donors (Lipinski definition) is 0. The second-order valence-electron chi connectivity index (χ2n) is 4.01. The summed E-state index contributed by atoms with van der Waals surface area (Å²) in [5, 5.41) is 0. The van der Waals surface area contributed by atoms with Gasteiger partial charge in [-0.3, -0.25) is 9.80 Å². The highest BCUT2D eigenvalue weighted by molar-refractivity contribution is 4.52. The van der Waals surface area contributed by atoms with E-state index in [9.17, 15) is 0 Å². The first kappa shape index (κ1) is 12.9. The van der Waals surface area contributed by atoms with Crippen LogP contribution in [-0.2, 0) is 0 Å². The molecule has 0 atom stereocenters. The summed E-state index contributed by atoms with van der Waals surface area (Å²) in [7, 11) is 4.41. The van der Waals surface area contributed by atoms with Crippen LogP contribution in [0.2, 0.25) is 0 Å². The summed E-state index contributed by atoms with van der Waals surface area (Å²) in [6.07, 6.45) is 5.22. The molecule has 0 saturated carbocycles. The van der Waals surface area contributed by atoms with E-state index in [2.05, 4.69) is 37.7 Å². The number of rotatable bonds is 8. The summed E-state index contributed by atoms with van der Waals surface area (Å²) in [6.45, 7) is 8.06. The minimum Gasteiger partial charge on any atom is -0.294 e. The smallest absolute Gasteiger partial charge is 0.0500 e. The van der Waals surface area contributed by atoms with Gasteiger partial charge in [-0.25, -0.2) is 0 Å². The molecule has 0 aliphatic carbocycles. The average Bonchev–Trinajstić information content (AvgIpc) is 2.11. The fraction of sp³-hybridized carbons (Fsp3) is 1.00. The normalized spacial score (nSPS) is 11.5. The molecule has 0 aromatic heterocycles. The number of hydrogen-bond acceptors (Lipinski definition) is 2. The maximum absolute atomic E-state index is 2.40. The van der Waals surface area contributed by atoms with Gasteiger partial charge in [-0.1, -0.05) is 26.7 Å². The fourth-order valence-electron chi connectivity index (χ4n) is 1.41. The summed E-state index contributed by atoms with van der Waals surface area (Å²) >= 11 is 0. The van der Waals surface area contributed by atoms with Gasteiger partial charge in [0.25, 0.3) is 0 Å². The zero-order valence-electron chi connectivity index (χ0n) is 9.84. The minimum atomic E-state index is 1.11. The Bertz CT molecular complexity index is 92.3. The van der Waals surface area contributed by atoms with E-state index in [-0.39, 0.29) is 0 Å². The largest absolute Gasteiger partial charge is 0.294 e. The highest BCUT2D eigenvalue weighted by Gasteiger charge is 2.01. The van der Waals surface area contributed by atoms with Crippen molar-refractivity contribution in [3.8, 4) is 0 Å². The fourth-order valence-corrected chi connectivity index (χ4v) is 1.41. The molecule has 80 valence electrons. The molecule has 0 rings (SSSR count). The molecule has 0 aliphatic heterocycles. The zero-order chi connectivity index (χ0) is 10.1. The van der Waals surface area contributed by atoms with Crippen LogP contribution in [0.5, 0.6) is 0 Å². The number of nitrogens with zero attached hydrogens (tertiary/aromatic N) is 2. The van der Waals surface area contributed by atoms with Crippen LogP contribution in [0.4, 0.5) is 0 Å². The van der Waals surface area contributed by atoms with Crippen molar-refractivity contribution in [2.45, 2.75) is 39.5 Å². The highest BCUT2D eigenvalue weighted by atomic mass is 15.3. The van der Waals surface area contributed by atoms with Gasteiger partial charge in [0.05, 0.1) is 6.67 Å². The van der Waals surface area contributed by atoms with Gasteiger partial charge < -0.3 is 0 Å². The number of unbranched alkanes of at least 4 members (excludes halogenated alkanes) is 2. The van der Waals surface area contributed by atoms with Crippen LogP contribution in [0.15, 0.2) is 0 Å². The summed E-state index contributed by atoms with van der Waals surface area (Å²) in [5.41, 5.74) is 0. The van der Waals surface area contributed by atoms with E-state index in [1.54, 1.807) is 0 Å². The van der Waals surface area contributed by atoms with Crippen LogP contribution in [0.3, 0.4) is 0 Å². The molecule has 0 aromatic rings. The third kappa shape index (κ3) is 8.26. The van der Waals surface area contributed by atoms with Gasteiger partial charge in [0, 0.05) is 0 Å². The first-order valence-corrected chi connectivity index (χ1v) is 5.57. The summed E-state index contributed by atoms with van der Waals surface area (Å²) in [4.78, 5) is 4.80. The average molecular weight is 186 g/mol. The molecule has 0 amide bonds. The van der Waals surface area contributed by atoms with E-state index in [1.807, 2.05) is 0 Å². The Morgan fingerprint density at radius 3 is 1.46 bits per heavy atom. The van der Waals surface area contributed by atoms with Crippen molar-refractivity contribution in [3.63, 3.8) is 0 Å². The third-order valence-electron chi connectivity index (χ3n) is 2.27. The van der Waals surface area contributed by atoms with E-state index < -0.39 is 0 Å². The summed E-state index contributed by atoms with van der Waals surface area (Å²) in [5.74, 6) is 0. The molecule has 2 heteroatoms. The SMILES string of the molecule is CCCCN(C)CN(C)CCCC. The van der Waals surface area contributed by atoms with E-state index in [0.29, 0.717) is 0 Å². The molecular formula is C11H26N2. The van der Waals surface area contributed by atoms with Crippen LogP contribution in [0.1, 0.15) is 39.5 Å². The van der Waals surface area contributed by atoms with Crippen molar-refractivity contribution < 1.29 is 0 Å². The monoisotopic (exact) mass is 186 g/mol. The van der Waals surface area contributed by atoms with Crippen LogP contribution >= 0.6 is 0 Å². The van der Waals surface area contributed by atoms with Crippen molar-refractivity contribution in [2.24, 2.45) is 0 Å². The molecule has 0 aliphatic rings. The summed E-state index contributed by atoms with van der Waals surface area (Å²) in [6, 6.07) is 0. The second kappa shape index (κ2) is 8.52. The molecule has 0 spiro atoms. The second-order valence-corrected chi connectivity index (χ2v) is 4.01. The van der Waals surface area contributed by atoms with Gasteiger partial charge in [-0.05, 0) is 40.0 Å². The van der Waals surface area contributed by atoms with Gasteiger partial charge in [0.15, 0.2) is 0 Å². The molecule has 0 bridgehead atoms. The summed E-state index contributed by atoms with van der Waals surface area (Å²) < 4.78 is 0. The third-order valence-corrected chi connectivity index (χ3v) is 2.27. The molecule has 0 N–H and O–H groups in total. The molecule has 13 heavy (non-hydrogen) atoms. The Morgan fingerprint density at radius 2 is 1.15 bits per heavy atom. The Labute approximate surface area is 83.9 Å². The van der Waals surface area contributed by atoms with Gasteiger partial charge in [-0.2, -0.15) is 0 Å². The quantitative estimate of drug-likeness (QED) is 0.537. The Balaban J connectivity index is 3.35. The van der Waals surface area contributed by atoms with Crippen molar-refractivity contribution in [1.29, 1.82) is 0 Å². The molecule has 0 unspecified atom stereocenters. The first-order valence-electron chi connectivity index (χ1n) is 5.57. The van der Waals surface area contributed by atoms with Gasteiger partial charge in [0.1, 0.15) is 0 Å². The Hall–Kier alpha value is -0.0800. The van der Waals surface area contributed by atoms with Crippen LogP contribution in [0.25, 0.3) is 0 Å². The molecular weight excluding hydrogens is 160 g/mol. The van der Waals surface area contributed by atoms with Gasteiger partial charge >= 0.3 is 0 Å². The topological polar surface area (TPSA) is 6.48 Å². The lowest BCUT2D eigenvalue weighted by atomic mass is 10.3. The van der Waals surface area contributed by atoms with Crippen molar-refractivity contribution in [2.75, 3.05) is 33.9 Å². The molecule has 0 heterocycles. The lowest BCUT2D eigenvalue weighted by Crippen LogP contribution is -2.34. The predicted octanol–water partition coefficient (Wildman–Crippen LogP) is 2.41. The predicted molar refractivity (Wildman–Crippen MR) is 59.9 cm³/mol. The molecule has 2 nitrogen and oxygen atoms in total. The van der Waals surface area contributed by atoms with E-state index in [0.717, 1.165) is 6.67 Å². The highest BCUT2D eigenvalue weighted by Crippen LogP contribution is 1.96. The Morgan fingerprint density at radius 1 is 0.769 bits per heavy atom. The molecule has 0 fully saturated rings. The van der Waals surface area contributed by atoms with Gasteiger partial charge in [-0.15, -0.1) is 0 Å². The standard InChI is InChI=1S/C11H26N2/c1-5-7-9-12(3)11-13(4)10-8-6-2/h5-11H2,1-4H3. The van der Waals surface area contributed by atoms with Crippen molar-refractivity contribution in [1.82, 2.24) is 9.80 Å². The molecule has 0 saturated heterocycles. The van der Waals surface area contributed by atoms with Gasteiger partial charge in [0.2, 0.25) is 0 Å². The van der Waals surface area contributed by atoms with E-state index in [4.69, 9.17) is 0 Å². The van der Waals surface area contributed by atoms with Crippen LogP contribution in [-0.4, -0.2) is 43.7 Å². The van der Waals surface area contributed by atoms with Crippen LogP contribution < -0.4 is 0 Å². The first-order chi connectivity index (χ1) is 6.20. The maximum atomic E-state index is 2.40. The Kier molecular flexibility index (Phi) is 8.46. The van der Waals surface area contributed by atoms with E-state index in [1.165, 1.54) is 38.8 Å². The molecule has 0 aromatic carbocycles. The van der Waals surface area contributed by atoms with Crippen molar-refractivity contribution >= 4 is 0 Å². The van der Waals surface area contributed by atoms with Crippen LogP contribution in [0, 0.1) is 0 Å². The zero-order valence-corrected chi connectivity index (χ0v) is 9.84. The lowest BCUT2D eigenvalue weighted by Gasteiger charge is -2.24.